The Morgan fingerprint density at radius 3 is 2.68 bits per heavy atom. The molecule has 3 aliphatic heterocycles. The second kappa shape index (κ2) is 5.61. The zero-order valence-corrected chi connectivity index (χ0v) is 15.2. The second-order valence-corrected chi connectivity index (χ2v) is 7.85. The lowest BCUT2D eigenvalue weighted by Gasteiger charge is -2.24. The summed E-state index contributed by atoms with van der Waals surface area (Å²) in [6.45, 7) is 1.22. The number of hydrogen-bond donors (Lipinski definition) is 1. The molecule has 1 aromatic rings. The highest BCUT2D eigenvalue weighted by Gasteiger charge is 2.53. The van der Waals surface area contributed by atoms with E-state index < -0.39 is 5.41 Å². The minimum absolute atomic E-state index is 0.0161. The molecule has 2 saturated heterocycles. The van der Waals surface area contributed by atoms with Gasteiger partial charge in [0.05, 0.1) is 21.4 Å². The number of rotatable bonds is 1. The van der Waals surface area contributed by atoms with Crippen LogP contribution in [0.1, 0.15) is 18.4 Å². The van der Waals surface area contributed by atoms with Crippen LogP contribution in [0.25, 0.3) is 0 Å². The fourth-order valence-corrected chi connectivity index (χ4v) is 4.43. The highest BCUT2D eigenvalue weighted by atomic mass is 35.5. The first-order valence-electron chi connectivity index (χ1n) is 8.15. The van der Waals surface area contributed by atoms with Crippen molar-refractivity contribution in [1.29, 1.82) is 0 Å². The van der Waals surface area contributed by atoms with Crippen LogP contribution in [-0.4, -0.2) is 54.2 Å². The van der Waals surface area contributed by atoms with Gasteiger partial charge in [-0.15, -0.1) is 0 Å². The summed E-state index contributed by atoms with van der Waals surface area (Å²) < 4.78 is 0. The van der Waals surface area contributed by atoms with Gasteiger partial charge in [0.15, 0.2) is 0 Å². The molecule has 1 aromatic carbocycles. The first-order chi connectivity index (χ1) is 11.8. The third-order valence-electron chi connectivity index (χ3n) is 5.53. The topological polar surface area (TPSA) is 69.7 Å². The zero-order chi connectivity index (χ0) is 17.9. The highest BCUT2D eigenvalue weighted by molar-refractivity contribution is 6.42. The average Bonchev–Trinajstić information content (AvgIpc) is 3.21. The number of halogens is 2. The van der Waals surface area contributed by atoms with Crippen LogP contribution in [0.4, 0.5) is 5.69 Å². The molecule has 8 heteroatoms. The van der Waals surface area contributed by atoms with E-state index in [1.807, 2.05) is 0 Å². The van der Waals surface area contributed by atoms with Crippen molar-refractivity contribution in [3.8, 4) is 0 Å². The summed E-state index contributed by atoms with van der Waals surface area (Å²) in [5, 5.41) is 3.64. The molecular formula is C17H17Cl2N3O3. The molecule has 0 aromatic heterocycles. The van der Waals surface area contributed by atoms with Crippen molar-refractivity contribution >= 4 is 46.6 Å². The number of hydrogen-bond acceptors (Lipinski definition) is 3. The largest absolute Gasteiger partial charge is 0.345 e. The van der Waals surface area contributed by atoms with Gasteiger partial charge in [-0.25, -0.2) is 0 Å². The van der Waals surface area contributed by atoms with E-state index in [0.717, 1.165) is 5.56 Å². The van der Waals surface area contributed by atoms with Crippen molar-refractivity contribution in [3.63, 3.8) is 0 Å². The molecule has 4 rings (SSSR count). The predicted molar refractivity (Wildman–Crippen MR) is 93.7 cm³/mol. The Morgan fingerprint density at radius 1 is 1.28 bits per heavy atom. The molecular weight excluding hydrogens is 365 g/mol. The number of carbonyl (C=O) groups is 3. The summed E-state index contributed by atoms with van der Waals surface area (Å²) in [6, 6.07) is 3.37. The maximum Gasteiger partial charge on any atom is 0.237 e. The van der Waals surface area contributed by atoms with Gasteiger partial charge in [0, 0.05) is 38.8 Å². The first-order valence-corrected chi connectivity index (χ1v) is 8.91. The average molecular weight is 382 g/mol. The number of benzene rings is 1. The lowest BCUT2D eigenvalue weighted by atomic mass is 9.81. The van der Waals surface area contributed by atoms with Gasteiger partial charge in [-0.2, -0.15) is 0 Å². The molecule has 132 valence electrons. The number of fused-ring (bicyclic) bond motifs is 2. The third-order valence-corrected chi connectivity index (χ3v) is 6.25. The number of nitrogens with one attached hydrogen (secondary N) is 1. The van der Waals surface area contributed by atoms with Crippen molar-refractivity contribution in [2.75, 3.05) is 32.0 Å². The summed E-state index contributed by atoms with van der Waals surface area (Å²) in [5.41, 5.74) is 0.666. The normalized spacial score (nSPS) is 28.0. The van der Waals surface area contributed by atoms with Gasteiger partial charge in [0.25, 0.3) is 0 Å². The maximum absolute atomic E-state index is 12.8. The quantitative estimate of drug-likeness (QED) is 0.807. The lowest BCUT2D eigenvalue weighted by molar-refractivity contribution is -0.135. The van der Waals surface area contributed by atoms with Crippen LogP contribution >= 0.6 is 23.2 Å². The molecule has 0 saturated carbocycles. The molecule has 6 nitrogen and oxygen atoms in total. The van der Waals surface area contributed by atoms with Gasteiger partial charge in [0.2, 0.25) is 17.7 Å². The summed E-state index contributed by atoms with van der Waals surface area (Å²) in [6.07, 6.45) is 0.773. The van der Waals surface area contributed by atoms with Gasteiger partial charge in [-0.05, 0) is 24.1 Å². The van der Waals surface area contributed by atoms with E-state index in [-0.39, 0.29) is 30.1 Å². The van der Waals surface area contributed by atoms with Crippen LogP contribution < -0.4 is 5.32 Å². The van der Waals surface area contributed by atoms with Crippen LogP contribution in [0.15, 0.2) is 12.1 Å². The summed E-state index contributed by atoms with van der Waals surface area (Å²) in [4.78, 5) is 40.4. The Hall–Kier alpha value is -1.79. The molecule has 0 bridgehead atoms. The lowest BCUT2D eigenvalue weighted by Crippen LogP contribution is -2.41. The fourth-order valence-electron chi connectivity index (χ4n) is 4.10. The molecule has 1 N–H and O–H groups in total. The van der Waals surface area contributed by atoms with Gasteiger partial charge in [0.1, 0.15) is 0 Å². The van der Waals surface area contributed by atoms with E-state index in [9.17, 15) is 14.4 Å². The van der Waals surface area contributed by atoms with Crippen LogP contribution in [0.3, 0.4) is 0 Å². The maximum atomic E-state index is 12.8. The molecule has 3 amide bonds. The second-order valence-electron chi connectivity index (χ2n) is 7.03. The van der Waals surface area contributed by atoms with Gasteiger partial charge in [-0.3, -0.25) is 14.4 Å². The Balaban J connectivity index is 1.60. The standard InChI is InChI=1S/C17H17Cl2N3O3/c1-21-7-9(4-14(21)23)15(24)22-3-2-17(8-22)10-5-11(18)12(19)6-13(10)20-16(17)25/h5-6,9H,2-4,7-8H2,1H3,(H,20,25)/t9?,17-/m1/s1. The molecule has 1 unspecified atom stereocenters. The highest BCUT2D eigenvalue weighted by Crippen LogP contribution is 2.47. The summed E-state index contributed by atoms with van der Waals surface area (Å²) >= 11 is 12.2. The number of likely N-dealkylation sites (tertiary alicyclic amines) is 2. The molecule has 0 aliphatic carbocycles. The molecule has 25 heavy (non-hydrogen) atoms. The van der Waals surface area contributed by atoms with E-state index in [4.69, 9.17) is 23.2 Å². The van der Waals surface area contributed by atoms with E-state index in [2.05, 4.69) is 5.32 Å². The summed E-state index contributed by atoms with van der Waals surface area (Å²) in [7, 11) is 1.70. The van der Waals surface area contributed by atoms with E-state index in [1.165, 1.54) is 0 Å². The number of nitrogens with zero attached hydrogens (tertiary/aromatic N) is 2. The van der Waals surface area contributed by atoms with E-state index in [0.29, 0.717) is 41.8 Å². The molecule has 1 spiro atoms. The van der Waals surface area contributed by atoms with Gasteiger partial charge in [-0.1, -0.05) is 23.2 Å². The summed E-state index contributed by atoms with van der Waals surface area (Å²) in [5.74, 6) is -0.533. The van der Waals surface area contributed by atoms with E-state index >= 15 is 0 Å². The minimum atomic E-state index is -0.784. The zero-order valence-electron chi connectivity index (χ0n) is 13.6. The third kappa shape index (κ3) is 2.42. The molecule has 2 fully saturated rings. The smallest absolute Gasteiger partial charge is 0.237 e. The van der Waals surface area contributed by atoms with Crippen LogP contribution in [0, 0.1) is 5.92 Å². The van der Waals surface area contributed by atoms with E-state index in [1.54, 1.807) is 29.0 Å². The van der Waals surface area contributed by atoms with Crippen LogP contribution in [-0.2, 0) is 19.8 Å². The Bertz CT molecular complexity index is 813. The number of carbonyl (C=O) groups excluding carboxylic acids is 3. The SMILES string of the molecule is CN1CC(C(=O)N2CC[C@]3(C2)C(=O)Nc2cc(Cl)c(Cl)cc23)CC1=O. The van der Waals surface area contributed by atoms with Crippen molar-refractivity contribution in [2.24, 2.45) is 5.92 Å². The molecule has 2 atom stereocenters. The van der Waals surface area contributed by atoms with Crippen molar-refractivity contribution in [2.45, 2.75) is 18.3 Å². The van der Waals surface area contributed by atoms with Crippen molar-refractivity contribution < 1.29 is 14.4 Å². The van der Waals surface area contributed by atoms with Gasteiger partial charge < -0.3 is 15.1 Å². The molecule has 3 aliphatic rings. The Kier molecular flexibility index (Phi) is 3.74. The molecule has 0 radical (unpaired) electrons. The number of amides is 3. The van der Waals surface area contributed by atoms with Crippen LogP contribution in [0.5, 0.6) is 0 Å². The number of anilines is 1. The monoisotopic (exact) mass is 381 g/mol. The predicted octanol–water partition coefficient (Wildman–Crippen LogP) is 1.89. The van der Waals surface area contributed by atoms with Crippen molar-refractivity contribution in [3.05, 3.63) is 27.7 Å². The van der Waals surface area contributed by atoms with Crippen molar-refractivity contribution in [1.82, 2.24) is 9.80 Å². The fraction of sp³-hybridized carbons (Fsp3) is 0.471. The Labute approximate surface area is 155 Å². The Morgan fingerprint density at radius 2 is 2.00 bits per heavy atom. The van der Waals surface area contributed by atoms with Crippen LogP contribution in [0.2, 0.25) is 10.0 Å². The molecule has 3 heterocycles. The minimum Gasteiger partial charge on any atom is -0.345 e. The first kappa shape index (κ1) is 16.7. The van der Waals surface area contributed by atoms with Gasteiger partial charge >= 0.3 is 0 Å².